The van der Waals surface area contributed by atoms with Crippen molar-refractivity contribution >= 4 is 33.8 Å². The first-order valence-electron chi connectivity index (χ1n) is 7.48. The molecule has 1 aliphatic rings. The van der Waals surface area contributed by atoms with Crippen LogP contribution in [-0.4, -0.2) is 25.0 Å². The number of nitrogens with one attached hydrogen (secondary N) is 1. The molecule has 2 amide bonds. The van der Waals surface area contributed by atoms with Crippen LogP contribution >= 0.6 is 11.3 Å². The number of ether oxygens (including phenoxy) is 1. The lowest BCUT2D eigenvalue weighted by atomic mass is 10.3. The molecule has 2 heterocycles. The third-order valence-corrected chi connectivity index (χ3v) is 4.44. The van der Waals surface area contributed by atoms with Gasteiger partial charge >= 0.3 is 0 Å². The highest BCUT2D eigenvalue weighted by Gasteiger charge is 2.21. The van der Waals surface area contributed by atoms with Gasteiger partial charge in [0.05, 0.1) is 5.56 Å². The van der Waals surface area contributed by atoms with Crippen LogP contribution in [0.15, 0.2) is 35.7 Å². The zero-order valence-electron chi connectivity index (χ0n) is 12.8. The van der Waals surface area contributed by atoms with Crippen molar-refractivity contribution in [3.63, 3.8) is 0 Å². The summed E-state index contributed by atoms with van der Waals surface area (Å²) in [5, 5.41) is 13.8. The number of nitrogens with zero attached hydrogens (tertiary/aromatic N) is 2. The molecule has 0 aliphatic carbocycles. The van der Waals surface area contributed by atoms with Crippen LogP contribution in [0.4, 0.5) is 10.7 Å². The highest BCUT2D eigenvalue weighted by Crippen LogP contribution is 2.25. The summed E-state index contributed by atoms with van der Waals surface area (Å²) in [7, 11) is 0. The van der Waals surface area contributed by atoms with Crippen LogP contribution in [0.2, 0.25) is 0 Å². The van der Waals surface area contributed by atoms with Crippen molar-refractivity contribution < 1.29 is 14.3 Å². The second-order valence-electron chi connectivity index (χ2n) is 5.26. The largest absolute Gasteiger partial charge is 0.484 e. The standard InChI is InChI=1S/C17H15N3O3S/c18-10-12-6-8-24-17(12)19-15(21)11-23-14-4-1-3-13(9-14)20-7-2-5-16(20)22/h1,3-4,6,8-9H,2,5,7,11H2,(H,19,21). The number of hydrogen-bond acceptors (Lipinski definition) is 5. The SMILES string of the molecule is N#Cc1ccsc1NC(=O)COc1cccc(N2CCCC2=O)c1. The van der Waals surface area contributed by atoms with Crippen molar-refractivity contribution in [1.29, 1.82) is 5.26 Å². The Morgan fingerprint density at radius 1 is 1.42 bits per heavy atom. The lowest BCUT2D eigenvalue weighted by Gasteiger charge is -2.16. The van der Waals surface area contributed by atoms with Gasteiger partial charge in [-0.15, -0.1) is 11.3 Å². The molecule has 1 aliphatic heterocycles. The summed E-state index contributed by atoms with van der Waals surface area (Å²) in [6.45, 7) is 0.540. The summed E-state index contributed by atoms with van der Waals surface area (Å²) < 4.78 is 5.50. The van der Waals surface area contributed by atoms with Gasteiger partial charge in [0.1, 0.15) is 16.8 Å². The molecule has 1 aromatic heterocycles. The second-order valence-corrected chi connectivity index (χ2v) is 6.17. The molecule has 3 rings (SSSR count). The van der Waals surface area contributed by atoms with Gasteiger partial charge in [-0.2, -0.15) is 5.26 Å². The molecule has 1 saturated heterocycles. The molecule has 0 atom stereocenters. The number of thiophene rings is 1. The Bertz CT molecular complexity index is 809. The molecule has 0 saturated carbocycles. The van der Waals surface area contributed by atoms with E-state index in [2.05, 4.69) is 5.32 Å². The minimum Gasteiger partial charge on any atom is -0.484 e. The molecular formula is C17H15N3O3S. The van der Waals surface area contributed by atoms with E-state index in [0.717, 1.165) is 12.1 Å². The molecule has 1 aromatic carbocycles. The van der Waals surface area contributed by atoms with Crippen molar-refractivity contribution in [2.24, 2.45) is 0 Å². The van der Waals surface area contributed by atoms with E-state index in [4.69, 9.17) is 10.00 Å². The van der Waals surface area contributed by atoms with Gasteiger partial charge in [-0.05, 0) is 30.0 Å². The molecule has 6 nitrogen and oxygen atoms in total. The molecule has 1 fully saturated rings. The first-order valence-corrected chi connectivity index (χ1v) is 8.36. The van der Waals surface area contributed by atoms with Crippen LogP contribution in [0.3, 0.4) is 0 Å². The van der Waals surface area contributed by atoms with Gasteiger partial charge < -0.3 is 15.0 Å². The van der Waals surface area contributed by atoms with Crippen LogP contribution in [-0.2, 0) is 9.59 Å². The molecule has 7 heteroatoms. The number of carbonyl (C=O) groups excluding carboxylic acids is 2. The molecule has 1 N–H and O–H groups in total. The quantitative estimate of drug-likeness (QED) is 0.906. The summed E-state index contributed by atoms with van der Waals surface area (Å²) in [6, 6.07) is 10.8. The van der Waals surface area contributed by atoms with Crippen LogP contribution in [0.5, 0.6) is 5.75 Å². The Kier molecular flexibility index (Phi) is 4.77. The normalized spacial score (nSPS) is 13.6. The Morgan fingerprint density at radius 2 is 2.29 bits per heavy atom. The first-order chi connectivity index (χ1) is 11.7. The van der Waals surface area contributed by atoms with E-state index in [0.29, 0.717) is 29.3 Å². The Labute approximate surface area is 143 Å². The molecule has 0 unspecified atom stereocenters. The molecular weight excluding hydrogens is 326 g/mol. The van der Waals surface area contributed by atoms with Gasteiger partial charge in [-0.1, -0.05) is 6.07 Å². The van der Waals surface area contributed by atoms with Crippen LogP contribution in [0, 0.1) is 11.3 Å². The topological polar surface area (TPSA) is 82.4 Å². The molecule has 0 radical (unpaired) electrons. The number of carbonyl (C=O) groups is 2. The fourth-order valence-electron chi connectivity index (χ4n) is 2.47. The van der Waals surface area contributed by atoms with E-state index >= 15 is 0 Å². The predicted molar refractivity (Wildman–Crippen MR) is 91.2 cm³/mol. The fraction of sp³-hybridized carbons (Fsp3) is 0.235. The van der Waals surface area contributed by atoms with E-state index in [1.807, 2.05) is 12.1 Å². The zero-order valence-corrected chi connectivity index (χ0v) is 13.6. The van der Waals surface area contributed by atoms with Crippen molar-refractivity contribution in [3.8, 4) is 11.8 Å². The van der Waals surface area contributed by atoms with E-state index in [9.17, 15) is 9.59 Å². The van der Waals surface area contributed by atoms with Gasteiger partial charge in [0.25, 0.3) is 5.91 Å². The van der Waals surface area contributed by atoms with E-state index in [-0.39, 0.29) is 18.4 Å². The summed E-state index contributed by atoms with van der Waals surface area (Å²) in [5.41, 5.74) is 1.21. The van der Waals surface area contributed by atoms with E-state index < -0.39 is 0 Å². The second kappa shape index (κ2) is 7.15. The number of hydrogen-bond donors (Lipinski definition) is 1. The van der Waals surface area contributed by atoms with Crippen LogP contribution < -0.4 is 15.0 Å². The van der Waals surface area contributed by atoms with Crippen molar-refractivity contribution in [3.05, 3.63) is 41.3 Å². The fourth-order valence-corrected chi connectivity index (χ4v) is 3.22. The maximum atomic E-state index is 11.9. The summed E-state index contributed by atoms with van der Waals surface area (Å²) in [6.07, 6.45) is 1.42. The highest BCUT2D eigenvalue weighted by molar-refractivity contribution is 7.14. The lowest BCUT2D eigenvalue weighted by molar-refractivity contribution is -0.118. The maximum Gasteiger partial charge on any atom is 0.262 e. The molecule has 24 heavy (non-hydrogen) atoms. The van der Waals surface area contributed by atoms with Gasteiger partial charge in [-0.3, -0.25) is 9.59 Å². The number of rotatable bonds is 5. The monoisotopic (exact) mass is 341 g/mol. The smallest absolute Gasteiger partial charge is 0.262 e. The first kappa shape index (κ1) is 16.0. The summed E-state index contributed by atoms with van der Waals surface area (Å²) >= 11 is 1.29. The highest BCUT2D eigenvalue weighted by atomic mass is 32.1. The molecule has 0 bridgehead atoms. The van der Waals surface area contributed by atoms with Gasteiger partial charge in [0.15, 0.2) is 6.61 Å². The van der Waals surface area contributed by atoms with Gasteiger partial charge in [-0.25, -0.2) is 0 Å². The number of amides is 2. The van der Waals surface area contributed by atoms with E-state index in [1.165, 1.54) is 11.3 Å². The number of anilines is 2. The van der Waals surface area contributed by atoms with Crippen molar-refractivity contribution in [2.45, 2.75) is 12.8 Å². The predicted octanol–water partition coefficient (Wildman–Crippen LogP) is 2.76. The number of nitriles is 1. The minimum absolute atomic E-state index is 0.103. The Hall–Kier alpha value is -2.85. The molecule has 2 aromatic rings. The average Bonchev–Trinajstić information content (AvgIpc) is 3.21. The Balaban J connectivity index is 1.59. The summed E-state index contributed by atoms with van der Waals surface area (Å²) in [4.78, 5) is 25.4. The minimum atomic E-state index is -0.336. The van der Waals surface area contributed by atoms with Crippen LogP contribution in [0.1, 0.15) is 18.4 Å². The molecule has 0 spiro atoms. The third-order valence-electron chi connectivity index (χ3n) is 3.61. The van der Waals surface area contributed by atoms with E-state index in [1.54, 1.807) is 34.5 Å². The number of benzene rings is 1. The van der Waals surface area contributed by atoms with Crippen molar-refractivity contribution in [2.75, 3.05) is 23.4 Å². The molecule has 122 valence electrons. The third kappa shape index (κ3) is 3.55. The maximum absolute atomic E-state index is 11.9. The average molecular weight is 341 g/mol. The van der Waals surface area contributed by atoms with Gasteiger partial charge in [0.2, 0.25) is 5.91 Å². The Morgan fingerprint density at radius 3 is 3.04 bits per heavy atom. The summed E-state index contributed by atoms with van der Waals surface area (Å²) in [5.74, 6) is 0.289. The van der Waals surface area contributed by atoms with Crippen LogP contribution in [0.25, 0.3) is 0 Å². The van der Waals surface area contributed by atoms with Crippen molar-refractivity contribution in [1.82, 2.24) is 0 Å². The van der Waals surface area contributed by atoms with Gasteiger partial charge in [0, 0.05) is 24.7 Å². The lowest BCUT2D eigenvalue weighted by Crippen LogP contribution is -2.24. The zero-order chi connectivity index (χ0) is 16.9.